The Balaban J connectivity index is 1.39. The fourth-order valence-electron chi connectivity index (χ4n) is 4.31. The molecule has 0 saturated heterocycles. The van der Waals surface area contributed by atoms with Crippen LogP contribution in [0.25, 0.3) is 5.69 Å². The van der Waals surface area contributed by atoms with Gasteiger partial charge >= 0.3 is 6.18 Å². The first-order valence-electron chi connectivity index (χ1n) is 11.2. The number of halogens is 5. The van der Waals surface area contributed by atoms with E-state index in [0.717, 1.165) is 17.4 Å². The van der Waals surface area contributed by atoms with Crippen LogP contribution in [0.4, 0.5) is 28.9 Å². The van der Waals surface area contributed by atoms with Gasteiger partial charge in [0.25, 0.3) is 11.8 Å². The lowest BCUT2D eigenvalue weighted by Crippen LogP contribution is -2.32. The Kier molecular flexibility index (Phi) is 6.25. The maximum absolute atomic E-state index is 13.6. The van der Waals surface area contributed by atoms with Gasteiger partial charge in [-0.2, -0.15) is 13.2 Å². The molecular weight excluding hydrogens is 510 g/mol. The minimum absolute atomic E-state index is 0.0548. The molecule has 188 valence electrons. The van der Waals surface area contributed by atoms with Crippen LogP contribution in [0.3, 0.4) is 0 Å². The molecule has 0 spiro atoms. The predicted octanol–water partition coefficient (Wildman–Crippen LogP) is 6.74. The molecule has 2 amide bonds. The summed E-state index contributed by atoms with van der Waals surface area (Å²) in [5.41, 5.74) is 1.07. The summed E-state index contributed by atoms with van der Waals surface area (Å²) < 4.78 is 54.6. The van der Waals surface area contributed by atoms with Gasteiger partial charge in [-0.05, 0) is 60.7 Å². The number of benzene rings is 3. The summed E-state index contributed by atoms with van der Waals surface area (Å²) in [5.74, 6) is -2.70. The molecule has 1 N–H and O–H groups in total. The molecule has 1 aromatic heterocycles. The summed E-state index contributed by atoms with van der Waals surface area (Å²) in [6.07, 6.45) is -2.39. The summed E-state index contributed by atoms with van der Waals surface area (Å²) in [4.78, 5) is 27.7. The molecule has 10 heteroatoms. The van der Waals surface area contributed by atoms with E-state index in [0.29, 0.717) is 30.8 Å². The number of para-hydroxylation sites is 2. The zero-order chi connectivity index (χ0) is 26.3. The van der Waals surface area contributed by atoms with Crippen molar-refractivity contribution in [2.24, 2.45) is 0 Å². The maximum atomic E-state index is 13.6. The first kappa shape index (κ1) is 24.6. The van der Waals surface area contributed by atoms with E-state index in [2.05, 4.69) is 5.32 Å². The fraction of sp³-hybridized carbons (Fsp3) is 0.111. The number of rotatable bonds is 3. The van der Waals surface area contributed by atoms with E-state index in [4.69, 9.17) is 11.6 Å². The second-order valence-electron chi connectivity index (χ2n) is 8.41. The number of aromatic nitrogens is 1. The van der Waals surface area contributed by atoms with E-state index in [1.165, 1.54) is 18.2 Å². The van der Waals surface area contributed by atoms with Crippen LogP contribution in [0.2, 0.25) is 5.02 Å². The largest absolute Gasteiger partial charge is 0.419 e. The van der Waals surface area contributed by atoms with Crippen LogP contribution < -0.4 is 10.2 Å². The number of anilines is 2. The average molecular weight is 528 g/mol. The topological polar surface area (TPSA) is 54.3 Å². The smallest absolute Gasteiger partial charge is 0.322 e. The van der Waals surface area contributed by atoms with Crippen molar-refractivity contribution in [1.29, 1.82) is 0 Å². The molecule has 5 rings (SSSR count). The first-order valence-corrected chi connectivity index (χ1v) is 11.6. The third-order valence-corrected chi connectivity index (χ3v) is 6.41. The molecule has 0 fully saturated rings. The molecule has 0 atom stereocenters. The van der Waals surface area contributed by atoms with Crippen molar-refractivity contribution in [2.45, 2.75) is 12.6 Å². The van der Waals surface area contributed by atoms with Crippen LogP contribution in [-0.2, 0) is 12.6 Å². The van der Waals surface area contributed by atoms with E-state index in [9.17, 15) is 27.2 Å². The van der Waals surface area contributed by atoms with E-state index in [-0.39, 0.29) is 27.7 Å². The van der Waals surface area contributed by atoms with E-state index in [1.54, 1.807) is 4.90 Å². The lowest BCUT2D eigenvalue weighted by molar-refractivity contribution is -0.140. The Morgan fingerprint density at radius 1 is 0.919 bits per heavy atom. The molecule has 4 aromatic rings. The Labute approximate surface area is 213 Å². The number of nitrogens with zero attached hydrogens (tertiary/aromatic N) is 2. The van der Waals surface area contributed by atoms with Gasteiger partial charge in [0, 0.05) is 36.1 Å². The zero-order valence-electron chi connectivity index (χ0n) is 19.0. The maximum Gasteiger partial charge on any atom is 0.419 e. The fourth-order valence-corrected chi connectivity index (χ4v) is 4.57. The molecule has 1 aliphatic heterocycles. The van der Waals surface area contributed by atoms with Gasteiger partial charge < -0.3 is 14.8 Å². The molecule has 2 heterocycles. The number of carbonyl (C=O) groups is 2. The second kappa shape index (κ2) is 9.40. The van der Waals surface area contributed by atoms with Crippen molar-refractivity contribution >= 4 is 34.8 Å². The normalized spacial score (nSPS) is 12.9. The summed E-state index contributed by atoms with van der Waals surface area (Å²) in [7, 11) is 0. The third kappa shape index (κ3) is 4.70. The minimum atomic E-state index is -4.94. The summed E-state index contributed by atoms with van der Waals surface area (Å²) in [6.45, 7) is 0.417. The SMILES string of the molecule is O=C(Nc1ccc(C(=O)N2CCc3cccn3-c3ccccc32)c(Cl)c1)c1ccc(F)c(C(F)(F)F)c1. The van der Waals surface area contributed by atoms with Gasteiger partial charge in [0.05, 0.1) is 27.5 Å². The number of amides is 2. The van der Waals surface area contributed by atoms with Crippen molar-refractivity contribution in [1.82, 2.24) is 4.57 Å². The van der Waals surface area contributed by atoms with Crippen molar-refractivity contribution in [3.8, 4) is 5.69 Å². The van der Waals surface area contributed by atoms with Crippen LogP contribution in [0.1, 0.15) is 32.0 Å². The molecule has 0 bridgehead atoms. The van der Waals surface area contributed by atoms with Gasteiger partial charge in [0.2, 0.25) is 0 Å². The predicted molar refractivity (Wildman–Crippen MR) is 132 cm³/mol. The molecule has 1 aliphatic rings. The Morgan fingerprint density at radius 2 is 1.68 bits per heavy atom. The first-order chi connectivity index (χ1) is 17.6. The van der Waals surface area contributed by atoms with Gasteiger partial charge in [0.15, 0.2) is 0 Å². The number of carbonyl (C=O) groups excluding carboxylic acids is 2. The standard InChI is InChI=1S/C27H18ClF4N3O2/c28-21-15-17(33-25(36)16-7-10-22(29)20(14-16)27(30,31)32)8-9-19(21)26(37)35-13-11-18-4-3-12-34(18)23-5-1-2-6-24(23)35/h1-10,12,14-15H,11,13H2,(H,33,36). The highest BCUT2D eigenvalue weighted by atomic mass is 35.5. The lowest BCUT2D eigenvalue weighted by atomic mass is 10.1. The Morgan fingerprint density at radius 3 is 2.41 bits per heavy atom. The molecule has 37 heavy (non-hydrogen) atoms. The molecule has 0 unspecified atom stereocenters. The second-order valence-corrected chi connectivity index (χ2v) is 8.81. The molecule has 0 saturated carbocycles. The molecule has 0 aliphatic carbocycles. The Hall–Kier alpha value is -4.11. The highest BCUT2D eigenvalue weighted by Crippen LogP contribution is 2.33. The van der Waals surface area contributed by atoms with Crippen molar-refractivity contribution in [3.63, 3.8) is 0 Å². The van der Waals surface area contributed by atoms with Crippen molar-refractivity contribution in [2.75, 3.05) is 16.8 Å². The average Bonchev–Trinajstić information content (AvgIpc) is 3.26. The number of hydrogen-bond donors (Lipinski definition) is 1. The summed E-state index contributed by atoms with van der Waals surface area (Å²) >= 11 is 6.41. The number of alkyl halides is 3. The highest BCUT2D eigenvalue weighted by molar-refractivity contribution is 6.35. The van der Waals surface area contributed by atoms with Gasteiger partial charge in [-0.15, -0.1) is 0 Å². The van der Waals surface area contributed by atoms with Crippen LogP contribution in [0.15, 0.2) is 79.0 Å². The quantitative estimate of drug-likeness (QED) is 0.300. The molecular formula is C27H18ClF4N3O2. The van der Waals surface area contributed by atoms with Crippen LogP contribution in [0, 0.1) is 5.82 Å². The van der Waals surface area contributed by atoms with E-state index < -0.39 is 23.5 Å². The Bertz CT molecular complexity index is 1530. The highest BCUT2D eigenvalue weighted by Gasteiger charge is 2.34. The molecule has 3 aromatic carbocycles. The minimum Gasteiger partial charge on any atom is -0.322 e. The van der Waals surface area contributed by atoms with E-state index >= 15 is 0 Å². The zero-order valence-corrected chi connectivity index (χ0v) is 19.8. The van der Waals surface area contributed by atoms with Gasteiger partial charge in [-0.3, -0.25) is 9.59 Å². The molecule has 5 nitrogen and oxygen atoms in total. The van der Waals surface area contributed by atoms with Crippen molar-refractivity contribution < 1.29 is 27.2 Å². The number of nitrogens with one attached hydrogen (secondary N) is 1. The van der Waals surface area contributed by atoms with Gasteiger partial charge in [-0.25, -0.2) is 4.39 Å². The van der Waals surface area contributed by atoms with Crippen molar-refractivity contribution in [3.05, 3.63) is 112 Å². The number of hydrogen-bond acceptors (Lipinski definition) is 2. The van der Waals surface area contributed by atoms with Crippen LogP contribution in [0.5, 0.6) is 0 Å². The lowest BCUT2D eigenvalue weighted by Gasteiger charge is -2.23. The molecule has 0 radical (unpaired) electrons. The van der Waals surface area contributed by atoms with E-state index in [1.807, 2.05) is 47.2 Å². The number of fused-ring (bicyclic) bond motifs is 3. The van der Waals surface area contributed by atoms with Gasteiger partial charge in [0.1, 0.15) is 5.82 Å². The summed E-state index contributed by atoms with van der Waals surface area (Å²) in [5, 5.41) is 2.49. The van der Waals surface area contributed by atoms with Crippen LogP contribution in [-0.4, -0.2) is 22.9 Å². The monoisotopic (exact) mass is 527 g/mol. The van der Waals surface area contributed by atoms with Crippen LogP contribution >= 0.6 is 11.6 Å². The third-order valence-electron chi connectivity index (χ3n) is 6.09. The summed E-state index contributed by atoms with van der Waals surface area (Å²) in [6, 6.07) is 17.6. The van der Waals surface area contributed by atoms with Gasteiger partial charge in [-0.1, -0.05) is 23.7 Å².